The van der Waals surface area contributed by atoms with Crippen molar-refractivity contribution in [3.05, 3.63) is 48.0 Å². The van der Waals surface area contributed by atoms with Crippen LogP contribution in [0.2, 0.25) is 0 Å². The van der Waals surface area contributed by atoms with Gasteiger partial charge >= 0.3 is 0 Å². The van der Waals surface area contributed by atoms with Crippen LogP contribution in [-0.4, -0.2) is 41.9 Å². The molecule has 1 fully saturated rings. The Morgan fingerprint density at radius 3 is 2.52 bits per heavy atom. The molecule has 6 heteroatoms. The largest absolute Gasteiger partial charge is 0.344 e. The maximum absolute atomic E-state index is 12.8. The highest BCUT2D eigenvalue weighted by Crippen LogP contribution is 2.17. The van der Waals surface area contributed by atoms with Crippen LogP contribution < -0.4 is 11.1 Å². The molecule has 0 aromatic heterocycles. The summed E-state index contributed by atoms with van der Waals surface area (Å²) in [7, 11) is 0. The summed E-state index contributed by atoms with van der Waals surface area (Å²) in [4.78, 5) is 27.1. The molecule has 1 aliphatic heterocycles. The Hall–Kier alpha value is -2.11. The molecule has 0 bridgehead atoms. The van der Waals surface area contributed by atoms with Gasteiger partial charge < -0.3 is 16.0 Å². The lowest BCUT2D eigenvalue weighted by Crippen LogP contribution is -2.51. The van der Waals surface area contributed by atoms with Crippen LogP contribution in [0, 0.1) is 5.92 Å². The lowest BCUT2D eigenvalue weighted by Gasteiger charge is -2.27. The van der Waals surface area contributed by atoms with Crippen LogP contribution in [0.15, 0.2) is 42.5 Å². The zero-order chi connectivity index (χ0) is 18.7. The molecule has 0 radical (unpaired) electrons. The van der Waals surface area contributed by atoms with Crippen molar-refractivity contribution in [2.24, 2.45) is 11.7 Å². The van der Waals surface area contributed by atoms with E-state index in [4.69, 9.17) is 5.73 Å². The van der Waals surface area contributed by atoms with Gasteiger partial charge in [0.05, 0.1) is 6.42 Å². The van der Waals surface area contributed by atoms with E-state index >= 15 is 0 Å². The van der Waals surface area contributed by atoms with Crippen molar-refractivity contribution in [2.75, 3.05) is 13.1 Å². The SMILES string of the molecule is CC(C)C(NC(=O)Cc1ccc2ccccc2c1)C(=O)N1CC[C@@H](N)C1.Cl. The summed E-state index contributed by atoms with van der Waals surface area (Å²) < 4.78 is 0. The Balaban J connectivity index is 0.00000261. The van der Waals surface area contributed by atoms with Gasteiger partial charge in [-0.25, -0.2) is 0 Å². The van der Waals surface area contributed by atoms with E-state index in [2.05, 4.69) is 5.32 Å². The van der Waals surface area contributed by atoms with Gasteiger partial charge in [-0.1, -0.05) is 56.3 Å². The van der Waals surface area contributed by atoms with Crippen LogP contribution in [0.5, 0.6) is 0 Å². The van der Waals surface area contributed by atoms with Crippen molar-refractivity contribution in [1.29, 1.82) is 0 Å². The van der Waals surface area contributed by atoms with E-state index in [1.165, 1.54) is 0 Å². The predicted molar refractivity (Wildman–Crippen MR) is 111 cm³/mol. The van der Waals surface area contributed by atoms with Crippen molar-refractivity contribution >= 4 is 35.0 Å². The number of hydrogen-bond acceptors (Lipinski definition) is 3. The van der Waals surface area contributed by atoms with Crippen LogP contribution >= 0.6 is 12.4 Å². The first-order valence-electron chi connectivity index (χ1n) is 9.25. The van der Waals surface area contributed by atoms with E-state index < -0.39 is 6.04 Å². The molecule has 2 aromatic rings. The number of nitrogens with two attached hydrogens (primary N) is 1. The molecule has 1 heterocycles. The van der Waals surface area contributed by atoms with Crippen LogP contribution in [0.4, 0.5) is 0 Å². The number of halogens is 1. The zero-order valence-electron chi connectivity index (χ0n) is 15.9. The Morgan fingerprint density at radius 2 is 1.89 bits per heavy atom. The zero-order valence-corrected chi connectivity index (χ0v) is 16.7. The molecule has 1 unspecified atom stereocenters. The number of nitrogens with zero attached hydrogens (tertiary/aromatic N) is 1. The number of hydrogen-bond donors (Lipinski definition) is 2. The van der Waals surface area contributed by atoms with E-state index in [0.717, 1.165) is 22.8 Å². The van der Waals surface area contributed by atoms with Gasteiger partial charge in [-0.15, -0.1) is 12.4 Å². The topological polar surface area (TPSA) is 75.4 Å². The number of rotatable bonds is 5. The molecule has 1 aliphatic rings. The molecule has 3 rings (SSSR count). The molecule has 27 heavy (non-hydrogen) atoms. The number of carbonyl (C=O) groups excluding carboxylic acids is 2. The molecule has 2 amide bonds. The molecule has 146 valence electrons. The van der Waals surface area contributed by atoms with Crippen molar-refractivity contribution in [2.45, 2.75) is 38.8 Å². The van der Waals surface area contributed by atoms with Crippen LogP contribution in [0.25, 0.3) is 10.8 Å². The summed E-state index contributed by atoms with van der Waals surface area (Å²) in [6, 6.07) is 13.6. The number of amides is 2. The average Bonchev–Trinajstić information content (AvgIpc) is 3.05. The summed E-state index contributed by atoms with van der Waals surface area (Å²) >= 11 is 0. The summed E-state index contributed by atoms with van der Waals surface area (Å²) in [6.45, 7) is 5.15. The Morgan fingerprint density at radius 1 is 1.19 bits per heavy atom. The summed E-state index contributed by atoms with van der Waals surface area (Å²) in [5.74, 6) is -0.129. The Labute approximate surface area is 166 Å². The van der Waals surface area contributed by atoms with Crippen LogP contribution in [0.3, 0.4) is 0 Å². The molecule has 3 N–H and O–H groups in total. The number of carbonyl (C=O) groups is 2. The maximum atomic E-state index is 12.8. The Kier molecular flexibility index (Phi) is 7.22. The highest BCUT2D eigenvalue weighted by molar-refractivity contribution is 5.90. The molecule has 0 saturated carbocycles. The molecular weight excluding hydrogens is 362 g/mol. The summed E-state index contributed by atoms with van der Waals surface area (Å²) in [6.07, 6.45) is 1.09. The monoisotopic (exact) mass is 389 g/mol. The van der Waals surface area contributed by atoms with Gasteiger partial charge in [0.2, 0.25) is 11.8 Å². The van der Waals surface area contributed by atoms with Crippen molar-refractivity contribution in [3.8, 4) is 0 Å². The number of likely N-dealkylation sites (tertiary alicyclic amines) is 1. The second kappa shape index (κ2) is 9.20. The van der Waals surface area contributed by atoms with Gasteiger partial charge in [0.25, 0.3) is 0 Å². The molecule has 0 aliphatic carbocycles. The minimum Gasteiger partial charge on any atom is -0.344 e. The third-order valence-corrected chi connectivity index (χ3v) is 4.96. The fourth-order valence-corrected chi connectivity index (χ4v) is 3.46. The quantitative estimate of drug-likeness (QED) is 0.824. The second-order valence-electron chi connectivity index (χ2n) is 7.48. The Bertz CT molecular complexity index is 809. The third-order valence-electron chi connectivity index (χ3n) is 4.96. The fraction of sp³-hybridized carbons (Fsp3) is 0.429. The van der Waals surface area contributed by atoms with Gasteiger partial charge in [-0.05, 0) is 28.7 Å². The van der Waals surface area contributed by atoms with Gasteiger partial charge in [0.15, 0.2) is 0 Å². The highest BCUT2D eigenvalue weighted by atomic mass is 35.5. The number of fused-ring (bicyclic) bond motifs is 1. The molecule has 1 saturated heterocycles. The highest BCUT2D eigenvalue weighted by Gasteiger charge is 2.32. The van der Waals surface area contributed by atoms with Gasteiger partial charge in [0.1, 0.15) is 6.04 Å². The van der Waals surface area contributed by atoms with Crippen LogP contribution in [0.1, 0.15) is 25.8 Å². The van der Waals surface area contributed by atoms with Gasteiger partial charge in [0, 0.05) is 19.1 Å². The normalized spacial score (nSPS) is 17.6. The summed E-state index contributed by atoms with van der Waals surface area (Å²) in [5.41, 5.74) is 6.85. The minimum absolute atomic E-state index is 0. The molecule has 2 aromatic carbocycles. The van der Waals surface area contributed by atoms with E-state index in [1.807, 2.05) is 56.3 Å². The van der Waals surface area contributed by atoms with Gasteiger partial charge in [-0.3, -0.25) is 9.59 Å². The van der Waals surface area contributed by atoms with E-state index in [0.29, 0.717) is 13.1 Å². The van der Waals surface area contributed by atoms with Crippen LogP contribution in [-0.2, 0) is 16.0 Å². The predicted octanol–water partition coefficient (Wildman–Crippen LogP) is 2.50. The van der Waals surface area contributed by atoms with E-state index in [-0.39, 0.29) is 42.6 Å². The smallest absolute Gasteiger partial charge is 0.245 e. The van der Waals surface area contributed by atoms with Crippen molar-refractivity contribution < 1.29 is 9.59 Å². The average molecular weight is 390 g/mol. The van der Waals surface area contributed by atoms with Crippen molar-refractivity contribution in [3.63, 3.8) is 0 Å². The van der Waals surface area contributed by atoms with Crippen molar-refractivity contribution in [1.82, 2.24) is 10.2 Å². The number of benzene rings is 2. The molecule has 2 atom stereocenters. The molecular formula is C21H28ClN3O2. The second-order valence-corrected chi connectivity index (χ2v) is 7.48. The molecule has 0 spiro atoms. The van der Waals surface area contributed by atoms with E-state index in [1.54, 1.807) is 4.90 Å². The number of nitrogens with one attached hydrogen (secondary N) is 1. The standard InChI is InChI=1S/C21H27N3O2.ClH/c1-14(2)20(21(26)24-10-9-18(22)13-24)23-19(25)12-15-7-8-16-5-3-4-6-17(16)11-15;/h3-8,11,14,18,20H,9-10,12-13,22H2,1-2H3,(H,23,25);1H/t18-,20?;/m1./s1. The molecule has 5 nitrogen and oxygen atoms in total. The summed E-state index contributed by atoms with van der Waals surface area (Å²) in [5, 5.41) is 5.20. The third kappa shape index (κ3) is 5.21. The lowest BCUT2D eigenvalue weighted by molar-refractivity contribution is -0.136. The van der Waals surface area contributed by atoms with Gasteiger partial charge in [-0.2, -0.15) is 0 Å². The minimum atomic E-state index is -0.506. The first-order chi connectivity index (χ1) is 12.4. The van der Waals surface area contributed by atoms with E-state index in [9.17, 15) is 9.59 Å². The fourth-order valence-electron chi connectivity index (χ4n) is 3.46. The first kappa shape index (κ1) is 21.2. The lowest BCUT2D eigenvalue weighted by atomic mass is 10.0. The maximum Gasteiger partial charge on any atom is 0.245 e. The first-order valence-corrected chi connectivity index (χ1v) is 9.25.